The lowest BCUT2D eigenvalue weighted by atomic mass is 9.91. The van der Waals surface area contributed by atoms with E-state index < -0.39 is 11.9 Å². The summed E-state index contributed by atoms with van der Waals surface area (Å²) in [5, 5.41) is 10.3. The van der Waals surface area contributed by atoms with Crippen molar-refractivity contribution in [2.24, 2.45) is 7.05 Å². The fourth-order valence-electron chi connectivity index (χ4n) is 3.66. The summed E-state index contributed by atoms with van der Waals surface area (Å²) in [6, 6.07) is 5.16. The third-order valence-electron chi connectivity index (χ3n) is 5.16. The van der Waals surface area contributed by atoms with E-state index in [-0.39, 0.29) is 23.6 Å². The second kappa shape index (κ2) is 7.41. The number of carbonyl (C=O) groups is 1. The van der Waals surface area contributed by atoms with Gasteiger partial charge in [-0.3, -0.25) is 13.9 Å². The zero-order valence-corrected chi connectivity index (χ0v) is 15.8. The molecule has 7 nitrogen and oxygen atoms in total. The quantitative estimate of drug-likeness (QED) is 0.698. The number of anilines is 1. The fourth-order valence-corrected chi connectivity index (χ4v) is 3.66. The number of amides is 1. The van der Waals surface area contributed by atoms with Gasteiger partial charge < -0.3 is 10.6 Å². The van der Waals surface area contributed by atoms with Crippen LogP contribution in [0.4, 0.5) is 19.0 Å². The number of imidazole rings is 1. The molecule has 3 aromatic heterocycles. The molecular weight excluding hydrogens is 385 g/mol. The Morgan fingerprint density at radius 3 is 2.52 bits per heavy atom. The van der Waals surface area contributed by atoms with Crippen LogP contribution in [0.3, 0.4) is 0 Å². The Hall–Kier alpha value is -3.04. The Bertz CT molecular complexity index is 1020. The van der Waals surface area contributed by atoms with Crippen molar-refractivity contribution in [2.45, 2.75) is 43.9 Å². The van der Waals surface area contributed by atoms with Crippen molar-refractivity contribution in [3.63, 3.8) is 0 Å². The Morgan fingerprint density at radius 1 is 1.14 bits per heavy atom. The van der Waals surface area contributed by atoms with Gasteiger partial charge in [0.1, 0.15) is 11.5 Å². The zero-order valence-electron chi connectivity index (χ0n) is 15.8. The molecular formula is C19H21F3N6O. The van der Waals surface area contributed by atoms with Crippen LogP contribution in [0, 0.1) is 0 Å². The molecule has 2 N–H and O–H groups in total. The van der Waals surface area contributed by atoms with Gasteiger partial charge >= 0.3 is 6.18 Å². The molecule has 4 rings (SSSR count). The summed E-state index contributed by atoms with van der Waals surface area (Å²) < 4.78 is 41.9. The van der Waals surface area contributed by atoms with Crippen LogP contribution in [-0.2, 0) is 13.2 Å². The van der Waals surface area contributed by atoms with Crippen molar-refractivity contribution in [2.75, 3.05) is 5.32 Å². The number of nitrogens with zero attached hydrogens (tertiary/aromatic N) is 4. The highest BCUT2D eigenvalue weighted by Crippen LogP contribution is 2.30. The van der Waals surface area contributed by atoms with Gasteiger partial charge in [0.05, 0.1) is 11.8 Å². The molecule has 1 amide bonds. The zero-order chi connectivity index (χ0) is 20.6. The lowest BCUT2D eigenvalue weighted by Crippen LogP contribution is -2.40. The van der Waals surface area contributed by atoms with Gasteiger partial charge in [-0.25, -0.2) is 4.98 Å². The molecule has 0 bridgehead atoms. The van der Waals surface area contributed by atoms with Gasteiger partial charge in [0.15, 0.2) is 5.69 Å². The summed E-state index contributed by atoms with van der Waals surface area (Å²) in [6.07, 6.45) is 2.91. The normalized spacial score (nSPS) is 20.0. The Kier molecular flexibility index (Phi) is 4.93. The predicted octanol–water partition coefficient (Wildman–Crippen LogP) is 3.24. The Labute approximate surface area is 164 Å². The first-order valence-corrected chi connectivity index (χ1v) is 9.41. The molecule has 3 heterocycles. The molecule has 0 atom stereocenters. The minimum Gasteiger partial charge on any atom is -0.368 e. The average molecular weight is 406 g/mol. The van der Waals surface area contributed by atoms with Crippen LogP contribution >= 0.6 is 0 Å². The highest BCUT2D eigenvalue weighted by molar-refractivity contribution is 5.93. The molecule has 0 spiro atoms. The molecule has 154 valence electrons. The number of rotatable bonds is 4. The van der Waals surface area contributed by atoms with Crippen LogP contribution in [0.5, 0.6) is 0 Å². The molecule has 0 unspecified atom stereocenters. The SMILES string of the molecule is Cn1cc(C(=O)NC2CCC(Nc3cccc4nc(C(F)(F)F)cn34)CC2)cn1. The topological polar surface area (TPSA) is 76.2 Å². The average Bonchev–Trinajstić information content (AvgIpc) is 3.30. The van der Waals surface area contributed by atoms with Crippen LogP contribution < -0.4 is 10.6 Å². The number of aromatic nitrogens is 4. The molecule has 3 aromatic rings. The third-order valence-corrected chi connectivity index (χ3v) is 5.16. The first kappa shape index (κ1) is 19.3. The van der Waals surface area contributed by atoms with Gasteiger partial charge in [0, 0.05) is 31.5 Å². The molecule has 0 radical (unpaired) electrons. The number of alkyl halides is 3. The smallest absolute Gasteiger partial charge is 0.368 e. The van der Waals surface area contributed by atoms with Crippen LogP contribution in [-0.4, -0.2) is 37.2 Å². The van der Waals surface area contributed by atoms with Crippen LogP contribution in [0.1, 0.15) is 41.7 Å². The lowest BCUT2D eigenvalue weighted by Gasteiger charge is -2.30. The Morgan fingerprint density at radius 2 is 1.86 bits per heavy atom. The summed E-state index contributed by atoms with van der Waals surface area (Å²) in [7, 11) is 1.76. The van der Waals surface area contributed by atoms with Crippen LogP contribution in [0.2, 0.25) is 0 Å². The fraction of sp³-hybridized carbons (Fsp3) is 0.421. The number of hydrogen-bond acceptors (Lipinski definition) is 4. The van der Waals surface area contributed by atoms with Gasteiger partial charge in [-0.05, 0) is 37.8 Å². The monoisotopic (exact) mass is 406 g/mol. The van der Waals surface area contributed by atoms with E-state index in [2.05, 4.69) is 20.7 Å². The van der Waals surface area contributed by atoms with E-state index in [0.717, 1.165) is 31.9 Å². The van der Waals surface area contributed by atoms with E-state index in [4.69, 9.17) is 0 Å². The number of pyridine rings is 1. The molecule has 1 aliphatic carbocycles. The maximum atomic E-state index is 13.0. The van der Waals surface area contributed by atoms with Crippen molar-refractivity contribution >= 4 is 17.4 Å². The van der Waals surface area contributed by atoms with Gasteiger partial charge in [-0.1, -0.05) is 6.07 Å². The minimum atomic E-state index is -4.48. The maximum Gasteiger partial charge on any atom is 0.434 e. The predicted molar refractivity (Wildman–Crippen MR) is 101 cm³/mol. The van der Waals surface area contributed by atoms with Crippen molar-refractivity contribution in [1.29, 1.82) is 0 Å². The number of carbonyl (C=O) groups excluding carboxylic acids is 1. The van der Waals surface area contributed by atoms with Gasteiger partial charge in [0.25, 0.3) is 5.91 Å². The number of hydrogen-bond donors (Lipinski definition) is 2. The van der Waals surface area contributed by atoms with Crippen LogP contribution in [0.15, 0.2) is 36.8 Å². The summed E-state index contributed by atoms with van der Waals surface area (Å²) in [6.45, 7) is 0. The minimum absolute atomic E-state index is 0.0709. The standard InChI is InChI=1S/C19H21F3N6O/c1-27-10-12(9-23-27)18(29)25-14-7-5-13(6-8-14)24-16-3-2-4-17-26-15(11-28(16)17)19(20,21)22/h2-4,9-11,13-14,24H,5-8H2,1H3,(H,25,29). The molecule has 1 aliphatic rings. The second-order valence-corrected chi connectivity index (χ2v) is 7.33. The van der Waals surface area contributed by atoms with Crippen LogP contribution in [0.25, 0.3) is 5.65 Å². The van der Waals surface area contributed by atoms with E-state index in [0.29, 0.717) is 11.4 Å². The largest absolute Gasteiger partial charge is 0.434 e. The van der Waals surface area contributed by atoms with Crippen molar-refractivity contribution in [3.05, 3.63) is 48.0 Å². The molecule has 29 heavy (non-hydrogen) atoms. The van der Waals surface area contributed by atoms with E-state index in [1.807, 2.05) is 0 Å². The lowest BCUT2D eigenvalue weighted by molar-refractivity contribution is -0.140. The van der Waals surface area contributed by atoms with Gasteiger partial charge in [-0.2, -0.15) is 18.3 Å². The molecule has 0 saturated heterocycles. The summed E-state index contributed by atoms with van der Waals surface area (Å²) in [5.74, 6) is 0.436. The number of aryl methyl sites for hydroxylation is 1. The highest BCUT2D eigenvalue weighted by atomic mass is 19.4. The van der Waals surface area contributed by atoms with Crippen molar-refractivity contribution in [1.82, 2.24) is 24.5 Å². The summed E-state index contributed by atoms with van der Waals surface area (Å²) in [4.78, 5) is 15.9. The molecule has 1 fully saturated rings. The Balaban J connectivity index is 1.37. The maximum absolute atomic E-state index is 13.0. The molecule has 1 saturated carbocycles. The number of nitrogens with one attached hydrogen (secondary N) is 2. The van der Waals surface area contributed by atoms with E-state index >= 15 is 0 Å². The second-order valence-electron chi connectivity index (χ2n) is 7.33. The van der Waals surface area contributed by atoms with Gasteiger partial charge in [0.2, 0.25) is 0 Å². The summed E-state index contributed by atoms with van der Waals surface area (Å²) in [5.41, 5.74) is -0.131. The first-order chi connectivity index (χ1) is 13.8. The molecule has 0 aliphatic heterocycles. The van der Waals surface area contributed by atoms with Crippen molar-refractivity contribution in [3.8, 4) is 0 Å². The highest BCUT2D eigenvalue weighted by Gasteiger charge is 2.34. The van der Waals surface area contributed by atoms with E-state index in [1.54, 1.807) is 36.1 Å². The van der Waals surface area contributed by atoms with Gasteiger partial charge in [-0.15, -0.1) is 0 Å². The number of halogens is 3. The molecule has 0 aromatic carbocycles. The van der Waals surface area contributed by atoms with Crippen molar-refractivity contribution < 1.29 is 18.0 Å². The number of fused-ring (bicyclic) bond motifs is 1. The third kappa shape index (κ3) is 4.20. The molecule has 10 heteroatoms. The van der Waals surface area contributed by atoms with E-state index in [1.165, 1.54) is 10.6 Å². The van der Waals surface area contributed by atoms with E-state index in [9.17, 15) is 18.0 Å². The first-order valence-electron chi connectivity index (χ1n) is 9.41. The summed E-state index contributed by atoms with van der Waals surface area (Å²) >= 11 is 0.